The standard InChI is InChI=1S/C25H28N4O4/c1-15-6-4-8-19(22(15)33-3)25(31)29-13-5-7-17(14-29)24-27-20(21(28-24)23(26)30)16-9-11-18(32-2)12-10-16/h4,6,8-12,17H,5,7,13-14H2,1-3H3,(H2,26,30)(H,27,28). The maximum absolute atomic E-state index is 13.3. The van der Waals surface area contributed by atoms with E-state index in [1.807, 2.05) is 48.2 Å². The first-order valence-corrected chi connectivity index (χ1v) is 10.9. The number of imidazole rings is 1. The van der Waals surface area contributed by atoms with Crippen LogP contribution in [0.15, 0.2) is 42.5 Å². The molecule has 0 bridgehead atoms. The summed E-state index contributed by atoms with van der Waals surface area (Å²) in [4.78, 5) is 35.1. The Balaban J connectivity index is 1.61. The number of amides is 2. The highest BCUT2D eigenvalue weighted by Crippen LogP contribution is 2.32. The predicted molar refractivity (Wildman–Crippen MR) is 125 cm³/mol. The average Bonchev–Trinajstić information content (AvgIpc) is 3.29. The van der Waals surface area contributed by atoms with E-state index in [2.05, 4.69) is 4.98 Å². The maximum Gasteiger partial charge on any atom is 0.267 e. The van der Waals surface area contributed by atoms with Crippen LogP contribution in [0.5, 0.6) is 11.5 Å². The van der Waals surface area contributed by atoms with Gasteiger partial charge in [-0.15, -0.1) is 0 Å². The summed E-state index contributed by atoms with van der Waals surface area (Å²) in [6.07, 6.45) is 1.68. The largest absolute Gasteiger partial charge is 0.497 e. The number of nitrogens with one attached hydrogen (secondary N) is 1. The molecule has 1 aromatic heterocycles. The zero-order valence-electron chi connectivity index (χ0n) is 19.1. The Bertz CT molecular complexity index is 1170. The van der Waals surface area contributed by atoms with Gasteiger partial charge in [0.25, 0.3) is 11.8 Å². The first kappa shape index (κ1) is 22.4. The van der Waals surface area contributed by atoms with Gasteiger partial charge in [0, 0.05) is 24.6 Å². The van der Waals surface area contributed by atoms with Crippen molar-refractivity contribution in [3.63, 3.8) is 0 Å². The van der Waals surface area contributed by atoms with E-state index in [0.717, 1.165) is 24.0 Å². The van der Waals surface area contributed by atoms with E-state index in [9.17, 15) is 9.59 Å². The van der Waals surface area contributed by atoms with Crippen LogP contribution < -0.4 is 15.2 Å². The summed E-state index contributed by atoms with van der Waals surface area (Å²) in [5.41, 5.74) is 8.63. The van der Waals surface area contributed by atoms with Gasteiger partial charge in [-0.3, -0.25) is 9.59 Å². The Kier molecular flexibility index (Phi) is 6.35. The van der Waals surface area contributed by atoms with E-state index >= 15 is 0 Å². The Morgan fingerprint density at radius 1 is 1.12 bits per heavy atom. The van der Waals surface area contributed by atoms with Crippen molar-refractivity contribution in [2.24, 2.45) is 5.73 Å². The highest BCUT2D eigenvalue weighted by molar-refractivity contribution is 5.98. The van der Waals surface area contributed by atoms with Gasteiger partial charge in [0.05, 0.1) is 19.8 Å². The van der Waals surface area contributed by atoms with Crippen LogP contribution in [0.2, 0.25) is 0 Å². The van der Waals surface area contributed by atoms with Crippen LogP contribution in [0.3, 0.4) is 0 Å². The lowest BCUT2D eigenvalue weighted by atomic mass is 9.96. The topological polar surface area (TPSA) is 111 Å². The molecule has 2 aromatic carbocycles. The zero-order valence-corrected chi connectivity index (χ0v) is 19.1. The first-order valence-electron chi connectivity index (χ1n) is 10.9. The number of hydrogen-bond acceptors (Lipinski definition) is 5. The minimum atomic E-state index is -0.576. The van der Waals surface area contributed by atoms with Gasteiger partial charge >= 0.3 is 0 Å². The van der Waals surface area contributed by atoms with Gasteiger partial charge < -0.3 is 25.1 Å². The van der Waals surface area contributed by atoms with Crippen LogP contribution in [0.1, 0.15) is 51.0 Å². The summed E-state index contributed by atoms with van der Waals surface area (Å²) in [7, 11) is 3.17. The summed E-state index contributed by atoms with van der Waals surface area (Å²) in [6, 6.07) is 12.9. The number of carbonyl (C=O) groups is 2. The van der Waals surface area contributed by atoms with E-state index in [1.165, 1.54) is 0 Å². The van der Waals surface area contributed by atoms with Crippen molar-refractivity contribution in [3.8, 4) is 22.8 Å². The van der Waals surface area contributed by atoms with Crippen LogP contribution >= 0.6 is 0 Å². The third-order valence-electron chi connectivity index (χ3n) is 6.07. The molecule has 1 atom stereocenters. The van der Waals surface area contributed by atoms with E-state index in [0.29, 0.717) is 41.7 Å². The Labute approximate surface area is 192 Å². The molecule has 3 N–H and O–H groups in total. The van der Waals surface area contributed by atoms with Crippen molar-refractivity contribution in [1.82, 2.24) is 14.9 Å². The highest BCUT2D eigenvalue weighted by atomic mass is 16.5. The van der Waals surface area contributed by atoms with Crippen molar-refractivity contribution in [1.29, 1.82) is 0 Å². The molecule has 1 aliphatic heterocycles. The monoisotopic (exact) mass is 448 g/mol. The summed E-state index contributed by atoms with van der Waals surface area (Å²) in [5.74, 6) is 1.28. The first-order chi connectivity index (χ1) is 15.9. The molecule has 0 saturated carbocycles. The number of nitrogens with two attached hydrogens (primary N) is 1. The molecule has 33 heavy (non-hydrogen) atoms. The third kappa shape index (κ3) is 4.41. The number of hydrogen-bond donors (Lipinski definition) is 2. The van der Waals surface area contributed by atoms with Gasteiger partial charge in [-0.25, -0.2) is 4.98 Å². The molecule has 2 amide bonds. The molecule has 3 aromatic rings. The molecular formula is C25H28N4O4. The number of ether oxygens (including phenoxy) is 2. The Morgan fingerprint density at radius 3 is 2.55 bits per heavy atom. The quantitative estimate of drug-likeness (QED) is 0.599. The average molecular weight is 449 g/mol. The molecule has 8 heteroatoms. The van der Waals surface area contributed by atoms with Crippen LogP contribution in [0, 0.1) is 6.92 Å². The fraction of sp³-hybridized carbons (Fsp3) is 0.320. The number of piperidine rings is 1. The van der Waals surface area contributed by atoms with Crippen LogP contribution in [0.4, 0.5) is 0 Å². The molecule has 8 nitrogen and oxygen atoms in total. The van der Waals surface area contributed by atoms with Crippen LogP contribution in [-0.4, -0.2) is 54.0 Å². The lowest BCUT2D eigenvalue weighted by Crippen LogP contribution is -2.39. The van der Waals surface area contributed by atoms with E-state index in [-0.39, 0.29) is 17.5 Å². The van der Waals surface area contributed by atoms with Crippen molar-refractivity contribution in [2.75, 3.05) is 27.3 Å². The smallest absolute Gasteiger partial charge is 0.267 e. The molecule has 1 unspecified atom stereocenters. The number of H-pyrrole nitrogens is 1. The Hall–Kier alpha value is -3.81. The SMILES string of the molecule is COc1ccc(-c2nc(C3CCCN(C(=O)c4cccc(C)c4OC)C3)[nH]c2C(N)=O)cc1. The lowest BCUT2D eigenvalue weighted by molar-refractivity contribution is 0.0700. The molecule has 0 radical (unpaired) electrons. The number of primary amides is 1. The minimum absolute atomic E-state index is 0.0383. The molecule has 0 aliphatic carbocycles. The summed E-state index contributed by atoms with van der Waals surface area (Å²) >= 11 is 0. The maximum atomic E-state index is 13.3. The van der Waals surface area contributed by atoms with Crippen molar-refractivity contribution in [3.05, 3.63) is 65.1 Å². The molecule has 1 fully saturated rings. The normalized spacial score (nSPS) is 15.8. The van der Waals surface area contributed by atoms with E-state index in [4.69, 9.17) is 20.2 Å². The van der Waals surface area contributed by atoms with E-state index in [1.54, 1.807) is 20.3 Å². The van der Waals surface area contributed by atoms with Gasteiger partial charge in [-0.05, 0) is 55.7 Å². The number of aromatic amines is 1. The fourth-order valence-electron chi connectivity index (χ4n) is 4.37. The van der Waals surface area contributed by atoms with Gasteiger partial charge in [0.15, 0.2) is 0 Å². The Morgan fingerprint density at radius 2 is 1.88 bits per heavy atom. The molecule has 1 saturated heterocycles. The van der Waals surface area contributed by atoms with Gasteiger partial charge in [0.2, 0.25) is 0 Å². The minimum Gasteiger partial charge on any atom is -0.497 e. The van der Waals surface area contributed by atoms with Gasteiger partial charge in [-0.2, -0.15) is 0 Å². The molecule has 1 aliphatic rings. The third-order valence-corrected chi connectivity index (χ3v) is 6.07. The van der Waals surface area contributed by atoms with Gasteiger partial charge in [0.1, 0.15) is 28.7 Å². The summed E-state index contributed by atoms with van der Waals surface area (Å²) < 4.78 is 10.7. The van der Waals surface area contributed by atoms with Crippen molar-refractivity contribution in [2.45, 2.75) is 25.7 Å². The zero-order chi connectivity index (χ0) is 23.5. The van der Waals surface area contributed by atoms with Crippen LogP contribution in [-0.2, 0) is 0 Å². The lowest BCUT2D eigenvalue weighted by Gasteiger charge is -2.32. The highest BCUT2D eigenvalue weighted by Gasteiger charge is 2.30. The molecule has 0 spiro atoms. The summed E-state index contributed by atoms with van der Waals surface area (Å²) in [5, 5.41) is 0. The number of likely N-dealkylation sites (tertiary alicyclic amines) is 1. The number of methoxy groups -OCH3 is 2. The second kappa shape index (κ2) is 9.36. The number of nitrogens with zero attached hydrogens (tertiary/aromatic N) is 2. The number of rotatable bonds is 6. The number of benzene rings is 2. The number of aryl methyl sites for hydroxylation is 1. The molecular weight excluding hydrogens is 420 g/mol. The van der Waals surface area contributed by atoms with Crippen LogP contribution in [0.25, 0.3) is 11.3 Å². The van der Waals surface area contributed by atoms with E-state index < -0.39 is 5.91 Å². The molecule has 2 heterocycles. The number of carbonyl (C=O) groups excluding carboxylic acids is 2. The second-order valence-corrected chi connectivity index (χ2v) is 8.18. The second-order valence-electron chi connectivity index (χ2n) is 8.18. The fourth-order valence-corrected chi connectivity index (χ4v) is 4.37. The number of aromatic nitrogens is 2. The van der Waals surface area contributed by atoms with Gasteiger partial charge in [-0.1, -0.05) is 12.1 Å². The number of para-hydroxylation sites is 1. The van der Waals surface area contributed by atoms with Crippen molar-refractivity contribution < 1.29 is 19.1 Å². The predicted octanol–water partition coefficient (Wildman–Crippen LogP) is 3.52. The summed E-state index contributed by atoms with van der Waals surface area (Å²) in [6.45, 7) is 3.06. The molecule has 4 rings (SSSR count). The molecule has 172 valence electrons. The van der Waals surface area contributed by atoms with Crippen molar-refractivity contribution >= 4 is 11.8 Å².